The lowest BCUT2D eigenvalue weighted by Crippen LogP contribution is -2.09. The van der Waals surface area contributed by atoms with Crippen LogP contribution in [0.25, 0.3) is 0 Å². The molecule has 1 unspecified atom stereocenters. The fourth-order valence-electron chi connectivity index (χ4n) is 1.66. The van der Waals surface area contributed by atoms with E-state index in [2.05, 4.69) is 10.1 Å². The van der Waals surface area contributed by atoms with Crippen LogP contribution < -0.4 is 0 Å². The van der Waals surface area contributed by atoms with E-state index in [9.17, 15) is 9.50 Å². The number of aliphatic hydroxyl groups is 1. The smallest absolute Gasteiger partial charge is 0.229 e. The summed E-state index contributed by atoms with van der Waals surface area (Å²) in [5.41, 5.74) is 0.679. The average molecular weight is 296 g/mol. The summed E-state index contributed by atoms with van der Waals surface area (Å²) in [7, 11) is 0. The molecule has 0 aliphatic rings. The van der Waals surface area contributed by atoms with Gasteiger partial charge in [0, 0.05) is 11.4 Å². The zero-order valence-corrected chi connectivity index (χ0v) is 11.1. The molecule has 1 aromatic carbocycles. The van der Waals surface area contributed by atoms with Crippen molar-refractivity contribution in [2.75, 3.05) is 0 Å². The predicted molar refractivity (Wildman–Crippen MR) is 68.5 cm³/mol. The Labute approximate surface area is 119 Å². The quantitative estimate of drug-likeness (QED) is 0.915. The van der Waals surface area contributed by atoms with Gasteiger partial charge in [0.25, 0.3) is 0 Å². The highest BCUT2D eigenvalue weighted by Crippen LogP contribution is 2.19. The second kappa shape index (κ2) is 6.46. The summed E-state index contributed by atoms with van der Waals surface area (Å²) in [6.45, 7) is 0. The molecule has 0 fully saturated rings. The van der Waals surface area contributed by atoms with Crippen LogP contribution in [0.2, 0.25) is 5.02 Å². The number of rotatable bonds is 5. The van der Waals surface area contributed by atoms with E-state index in [1.807, 2.05) is 6.07 Å². The molecular weight excluding hydrogens is 285 g/mol. The molecule has 7 heteroatoms. The van der Waals surface area contributed by atoms with E-state index in [1.54, 1.807) is 6.07 Å². The van der Waals surface area contributed by atoms with Crippen molar-refractivity contribution < 1.29 is 14.0 Å². The minimum atomic E-state index is -0.831. The SMILES string of the molecule is N#CCC(O)Cc1nc(Cc2ccc(F)cc2Cl)no1. The highest BCUT2D eigenvalue weighted by Gasteiger charge is 2.13. The number of halogens is 2. The number of aromatic nitrogens is 2. The second-order valence-electron chi connectivity index (χ2n) is 4.24. The van der Waals surface area contributed by atoms with Crippen molar-refractivity contribution in [3.8, 4) is 6.07 Å². The standard InChI is InChI=1S/C13H11ClFN3O2/c14-11-6-9(15)2-1-8(11)5-12-17-13(20-18-12)7-10(19)3-4-16/h1-2,6,10,19H,3,5,7H2. The van der Waals surface area contributed by atoms with Gasteiger partial charge in [0.2, 0.25) is 5.89 Å². The van der Waals surface area contributed by atoms with Crippen molar-refractivity contribution in [3.05, 3.63) is 46.3 Å². The van der Waals surface area contributed by atoms with Crippen LogP contribution in [-0.4, -0.2) is 21.4 Å². The van der Waals surface area contributed by atoms with E-state index in [-0.39, 0.29) is 18.7 Å². The molecule has 20 heavy (non-hydrogen) atoms. The van der Waals surface area contributed by atoms with Crippen molar-refractivity contribution in [1.82, 2.24) is 10.1 Å². The van der Waals surface area contributed by atoms with E-state index in [0.717, 1.165) is 0 Å². The van der Waals surface area contributed by atoms with Gasteiger partial charge in [0.1, 0.15) is 5.82 Å². The van der Waals surface area contributed by atoms with Crippen LogP contribution in [0.15, 0.2) is 22.7 Å². The molecule has 0 bridgehead atoms. The topological polar surface area (TPSA) is 82.9 Å². The van der Waals surface area contributed by atoms with Crippen LogP contribution in [0.4, 0.5) is 4.39 Å². The summed E-state index contributed by atoms with van der Waals surface area (Å²) in [6, 6.07) is 5.93. The maximum absolute atomic E-state index is 12.9. The molecule has 2 aromatic rings. The van der Waals surface area contributed by atoms with Crippen LogP contribution in [0, 0.1) is 17.1 Å². The first-order chi connectivity index (χ1) is 9.58. The van der Waals surface area contributed by atoms with Crippen molar-refractivity contribution in [2.24, 2.45) is 0 Å². The number of nitriles is 1. The zero-order valence-electron chi connectivity index (χ0n) is 10.4. The Kier molecular flexibility index (Phi) is 4.66. The zero-order chi connectivity index (χ0) is 14.5. The van der Waals surface area contributed by atoms with Gasteiger partial charge in [-0.25, -0.2) is 4.39 Å². The van der Waals surface area contributed by atoms with Crippen LogP contribution in [0.3, 0.4) is 0 Å². The van der Waals surface area contributed by atoms with Gasteiger partial charge in [-0.15, -0.1) is 0 Å². The minimum absolute atomic E-state index is 0.00149. The summed E-state index contributed by atoms with van der Waals surface area (Å²) in [5, 5.41) is 22.0. The first-order valence-corrected chi connectivity index (χ1v) is 6.26. The van der Waals surface area contributed by atoms with E-state index in [4.69, 9.17) is 21.4 Å². The first-order valence-electron chi connectivity index (χ1n) is 5.89. The van der Waals surface area contributed by atoms with E-state index < -0.39 is 11.9 Å². The number of hydrogen-bond acceptors (Lipinski definition) is 5. The number of nitrogens with zero attached hydrogens (tertiary/aromatic N) is 3. The maximum atomic E-state index is 12.9. The van der Waals surface area contributed by atoms with Gasteiger partial charge in [-0.1, -0.05) is 22.8 Å². The summed E-state index contributed by atoms with van der Waals surface area (Å²) in [6.07, 6.45) is -0.404. The van der Waals surface area contributed by atoms with Gasteiger partial charge in [0.05, 0.1) is 25.0 Å². The molecule has 0 aliphatic carbocycles. The Balaban J connectivity index is 2.04. The third-order valence-corrected chi connectivity index (χ3v) is 2.96. The highest BCUT2D eigenvalue weighted by molar-refractivity contribution is 6.31. The summed E-state index contributed by atoms with van der Waals surface area (Å²) in [4.78, 5) is 4.09. The summed E-state index contributed by atoms with van der Waals surface area (Å²) < 4.78 is 17.9. The fraction of sp³-hybridized carbons (Fsp3) is 0.308. The Hall–Kier alpha value is -1.97. The maximum Gasteiger partial charge on any atom is 0.229 e. The van der Waals surface area contributed by atoms with Crippen molar-refractivity contribution in [2.45, 2.75) is 25.4 Å². The van der Waals surface area contributed by atoms with Crippen molar-refractivity contribution >= 4 is 11.6 Å². The largest absolute Gasteiger partial charge is 0.392 e. The molecule has 104 valence electrons. The molecule has 0 saturated carbocycles. The van der Waals surface area contributed by atoms with Gasteiger partial charge in [-0.2, -0.15) is 10.2 Å². The molecule has 5 nitrogen and oxygen atoms in total. The van der Waals surface area contributed by atoms with Gasteiger partial charge in [-0.3, -0.25) is 0 Å². The monoisotopic (exact) mass is 295 g/mol. The third kappa shape index (κ3) is 3.76. The lowest BCUT2D eigenvalue weighted by atomic mass is 10.1. The van der Waals surface area contributed by atoms with E-state index in [1.165, 1.54) is 12.1 Å². The van der Waals surface area contributed by atoms with E-state index >= 15 is 0 Å². The lowest BCUT2D eigenvalue weighted by molar-refractivity contribution is 0.167. The molecule has 0 spiro atoms. The van der Waals surface area contributed by atoms with Crippen LogP contribution in [0.1, 0.15) is 23.7 Å². The lowest BCUT2D eigenvalue weighted by Gasteiger charge is -2.01. The molecule has 1 N–H and O–H groups in total. The molecule has 0 amide bonds. The van der Waals surface area contributed by atoms with Gasteiger partial charge >= 0.3 is 0 Å². The summed E-state index contributed by atoms with van der Waals surface area (Å²) in [5.74, 6) is 0.228. The molecule has 0 radical (unpaired) electrons. The fourth-order valence-corrected chi connectivity index (χ4v) is 1.89. The Morgan fingerprint density at radius 3 is 3.00 bits per heavy atom. The van der Waals surface area contributed by atoms with Gasteiger partial charge in [0.15, 0.2) is 5.82 Å². The number of hydrogen-bond donors (Lipinski definition) is 1. The van der Waals surface area contributed by atoms with Crippen LogP contribution in [0.5, 0.6) is 0 Å². The Morgan fingerprint density at radius 2 is 2.30 bits per heavy atom. The third-order valence-electron chi connectivity index (χ3n) is 2.61. The van der Waals surface area contributed by atoms with E-state index in [0.29, 0.717) is 22.8 Å². The molecule has 2 rings (SSSR count). The van der Waals surface area contributed by atoms with Crippen LogP contribution >= 0.6 is 11.6 Å². The van der Waals surface area contributed by atoms with Crippen molar-refractivity contribution in [3.63, 3.8) is 0 Å². The van der Waals surface area contributed by atoms with Crippen LogP contribution in [-0.2, 0) is 12.8 Å². The van der Waals surface area contributed by atoms with Gasteiger partial charge in [-0.05, 0) is 17.7 Å². The molecule has 0 saturated heterocycles. The molecule has 1 heterocycles. The average Bonchev–Trinajstić information content (AvgIpc) is 2.80. The second-order valence-corrected chi connectivity index (χ2v) is 4.64. The minimum Gasteiger partial charge on any atom is -0.392 e. The van der Waals surface area contributed by atoms with Gasteiger partial charge < -0.3 is 9.63 Å². The Bertz CT molecular complexity index is 639. The first kappa shape index (κ1) is 14.4. The normalized spacial score (nSPS) is 12.1. The summed E-state index contributed by atoms with van der Waals surface area (Å²) >= 11 is 5.91. The molecule has 0 aliphatic heterocycles. The van der Waals surface area contributed by atoms with Crippen molar-refractivity contribution in [1.29, 1.82) is 5.26 Å². The molecule has 1 aromatic heterocycles. The highest BCUT2D eigenvalue weighted by atomic mass is 35.5. The number of aliphatic hydroxyl groups excluding tert-OH is 1. The molecule has 1 atom stereocenters. The number of benzene rings is 1. The molecular formula is C13H11ClFN3O2. The predicted octanol–water partition coefficient (Wildman–Crippen LogP) is 2.27. The Morgan fingerprint density at radius 1 is 1.50 bits per heavy atom.